The standard InChI is InChI=1S/C17H18N4O3S2/c1-20(2)26(23,24)13-10-8-12(9-11-13)16(22)18-19-17-21(3)14-6-4-5-7-15(14)25-17/h4-11H,1-3H3,(H,18,22)/b19-17-. The first-order valence-electron chi connectivity index (χ1n) is 7.72. The van der Waals surface area contributed by atoms with Crippen LogP contribution in [0.2, 0.25) is 0 Å². The van der Waals surface area contributed by atoms with Crippen molar-refractivity contribution >= 4 is 37.5 Å². The van der Waals surface area contributed by atoms with E-state index in [-0.39, 0.29) is 4.90 Å². The molecule has 3 rings (SSSR count). The largest absolute Gasteiger partial charge is 0.318 e. The Morgan fingerprint density at radius 2 is 1.77 bits per heavy atom. The molecule has 0 saturated carbocycles. The van der Waals surface area contributed by atoms with Crippen LogP contribution in [0.15, 0.2) is 58.5 Å². The number of nitrogens with zero attached hydrogens (tertiary/aromatic N) is 3. The van der Waals surface area contributed by atoms with Crippen molar-refractivity contribution in [1.29, 1.82) is 0 Å². The highest BCUT2D eigenvalue weighted by atomic mass is 32.2. The number of aryl methyl sites for hydroxylation is 1. The van der Waals surface area contributed by atoms with Gasteiger partial charge in [-0.15, -0.1) is 5.10 Å². The summed E-state index contributed by atoms with van der Waals surface area (Å²) in [5.74, 6) is -0.406. The van der Waals surface area contributed by atoms with Gasteiger partial charge in [0.05, 0.1) is 15.1 Å². The Bertz CT molecular complexity index is 1130. The molecule has 0 unspecified atom stereocenters. The van der Waals surface area contributed by atoms with Gasteiger partial charge in [0, 0.05) is 26.7 Å². The summed E-state index contributed by atoms with van der Waals surface area (Å²) in [6.45, 7) is 0. The van der Waals surface area contributed by atoms with Gasteiger partial charge in [-0.05, 0) is 36.4 Å². The van der Waals surface area contributed by atoms with Crippen molar-refractivity contribution in [2.75, 3.05) is 14.1 Å². The highest BCUT2D eigenvalue weighted by Gasteiger charge is 2.17. The van der Waals surface area contributed by atoms with Crippen molar-refractivity contribution in [3.05, 3.63) is 58.9 Å². The smallest absolute Gasteiger partial charge is 0.271 e. The van der Waals surface area contributed by atoms with Gasteiger partial charge in [0.2, 0.25) is 14.8 Å². The summed E-state index contributed by atoms with van der Waals surface area (Å²) in [5.41, 5.74) is 3.87. The molecule has 0 saturated heterocycles. The number of thiazole rings is 1. The molecule has 0 atom stereocenters. The Morgan fingerprint density at radius 3 is 2.38 bits per heavy atom. The number of sulfonamides is 1. The highest BCUT2D eigenvalue weighted by molar-refractivity contribution is 7.89. The number of rotatable bonds is 4. The van der Waals surface area contributed by atoms with E-state index in [0.717, 1.165) is 14.5 Å². The highest BCUT2D eigenvalue weighted by Crippen LogP contribution is 2.15. The summed E-state index contributed by atoms with van der Waals surface area (Å²) in [6, 6.07) is 13.6. The van der Waals surface area contributed by atoms with Crippen LogP contribution < -0.4 is 10.2 Å². The number of hydrogen-bond acceptors (Lipinski definition) is 5. The van der Waals surface area contributed by atoms with Crippen molar-refractivity contribution < 1.29 is 13.2 Å². The van der Waals surface area contributed by atoms with Gasteiger partial charge in [-0.1, -0.05) is 23.5 Å². The second-order valence-corrected chi connectivity index (χ2v) is 8.94. The lowest BCUT2D eigenvalue weighted by molar-refractivity contribution is 0.0953. The third-order valence-corrected chi connectivity index (χ3v) is 6.81. The maximum absolute atomic E-state index is 12.3. The molecular formula is C17H18N4O3S2. The van der Waals surface area contributed by atoms with E-state index in [0.29, 0.717) is 10.4 Å². The summed E-state index contributed by atoms with van der Waals surface area (Å²) in [7, 11) is 1.28. The second kappa shape index (κ2) is 7.02. The van der Waals surface area contributed by atoms with Crippen LogP contribution in [0.4, 0.5) is 0 Å². The van der Waals surface area contributed by atoms with Crippen LogP contribution in [0.3, 0.4) is 0 Å². The minimum absolute atomic E-state index is 0.131. The molecule has 0 fully saturated rings. The zero-order chi connectivity index (χ0) is 18.9. The number of benzene rings is 2. The molecule has 0 radical (unpaired) electrons. The number of para-hydroxylation sites is 1. The maximum atomic E-state index is 12.3. The summed E-state index contributed by atoms with van der Waals surface area (Å²) in [5, 5.41) is 4.17. The van der Waals surface area contributed by atoms with Crippen molar-refractivity contribution in [2.24, 2.45) is 12.1 Å². The molecule has 1 aromatic heterocycles. The van der Waals surface area contributed by atoms with Gasteiger partial charge >= 0.3 is 0 Å². The van der Waals surface area contributed by atoms with E-state index < -0.39 is 15.9 Å². The molecule has 9 heteroatoms. The van der Waals surface area contributed by atoms with Crippen molar-refractivity contribution in [2.45, 2.75) is 4.90 Å². The maximum Gasteiger partial charge on any atom is 0.271 e. The minimum Gasteiger partial charge on any atom is -0.318 e. The van der Waals surface area contributed by atoms with E-state index in [1.54, 1.807) is 0 Å². The zero-order valence-electron chi connectivity index (χ0n) is 14.5. The lowest BCUT2D eigenvalue weighted by atomic mass is 10.2. The fourth-order valence-electron chi connectivity index (χ4n) is 2.34. The molecule has 0 spiro atoms. The predicted octanol–water partition coefficient (Wildman–Crippen LogP) is 1.74. The first-order valence-corrected chi connectivity index (χ1v) is 9.97. The summed E-state index contributed by atoms with van der Waals surface area (Å²) in [6.07, 6.45) is 0. The Morgan fingerprint density at radius 1 is 1.12 bits per heavy atom. The number of hydrogen-bond donors (Lipinski definition) is 1. The van der Waals surface area contributed by atoms with Crippen LogP contribution in [0.1, 0.15) is 10.4 Å². The van der Waals surface area contributed by atoms with E-state index in [4.69, 9.17) is 0 Å². The Hall–Kier alpha value is -2.49. The molecule has 3 aromatic rings. The van der Waals surface area contributed by atoms with Gasteiger partial charge in [0.1, 0.15) is 0 Å². The average Bonchev–Trinajstić information content (AvgIpc) is 2.96. The fraction of sp³-hybridized carbons (Fsp3) is 0.176. The fourth-order valence-corrected chi connectivity index (χ4v) is 4.22. The van der Waals surface area contributed by atoms with E-state index in [1.165, 1.54) is 49.7 Å². The Kier molecular flexibility index (Phi) is 4.94. The first kappa shape index (κ1) is 18.3. The van der Waals surface area contributed by atoms with Crippen LogP contribution in [-0.4, -0.2) is 37.3 Å². The van der Waals surface area contributed by atoms with Crippen LogP contribution in [0.25, 0.3) is 10.2 Å². The molecular weight excluding hydrogens is 372 g/mol. The van der Waals surface area contributed by atoms with Gasteiger partial charge in [-0.3, -0.25) is 4.79 Å². The second-order valence-electron chi connectivity index (χ2n) is 5.78. The van der Waals surface area contributed by atoms with E-state index in [2.05, 4.69) is 10.5 Å². The van der Waals surface area contributed by atoms with Crippen LogP contribution in [0, 0.1) is 0 Å². The van der Waals surface area contributed by atoms with Gasteiger partial charge in [-0.25, -0.2) is 18.1 Å². The molecule has 2 aromatic carbocycles. The molecule has 7 nitrogen and oxygen atoms in total. The Labute approximate surface area is 155 Å². The number of amides is 1. The third-order valence-electron chi connectivity index (χ3n) is 3.86. The molecule has 1 N–H and O–H groups in total. The zero-order valence-corrected chi connectivity index (χ0v) is 16.1. The number of fused-ring (bicyclic) bond motifs is 1. The summed E-state index contributed by atoms with van der Waals surface area (Å²) >= 11 is 1.47. The topological polar surface area (TPSA) is 83.8 Å². The monoisotopic (exact) mass is 390 g/mol. The van der Waals surface area contributed by atoms with Crippen molar-refractivity contribution in [1.82, 2.24) is 14.3 Å². The van der Waals surface area contributed by atoms with Crippen LogP contribution >= 0.6 is 11.3 Å². The molecule has 0 aliphatic carbocycles. The predicted molar refractivity (Wildman–Crippen MR) is 101 cm³/mol. The number of nitrogens with one attached hydrogen (secondary N) is 1. The third kappa shape index (κ3) is 3.41. The van der Waals surface area contributed by atoms with E-state index in [9.17, 15) is 13.2 Å². The molecule has 1 heterocycles. The lowest BCUT2D eigenvalue weighted by Gasteiger charge is -2.11. The lowest BCUT2D eigenvalue weighted by Crippen LogP contribution is -2.24. The number of aromatic nitrogens is 1. The number of carbonyl (C=O) groups is 1. The SMILES string of the molecule is CN(C)S(=O)(=O)c1ccc(C(=O)N/N=c2\sc3ccccc3n2C)cc1. The van der Waals surface area contributed by atoms with Gasteiger partial charge in [-0.2, -0.15) is 0 Å². The molecule has 0 aliphatic rings. The summed E-state index contributed by atoms with van der Waals surface area (Å²) in [4.78, 5) is 13.1. The minimum atomic E-state index is -3.52. The molecule has 0 bridgehead atoms. The Balaban J connectivity index is 1.83. The molecule has 0 aliphatic heterocycles. The quantitative estimate of drug-likeness (QED) is 0.689. The van der Waals surface area contributed by atoms with E-state index >= 15 is 0 Å². The summed E-state index contributed by atoms with van der Waals surface area (Å²) < 4.78 is 28.2. The van der Waals surface area contributed by atoms with E-state index in [1.807, 2.05) is 35.9 Å². The molecule has 136 valence electrons. The first-order chi connectivity index (χ1) is 12.3. The molecule has 1 amide bonds. The molecule has 26 heavy (non-hydrogen) atoms. The average molecular weight is 390 g/mol. The van der Waals surface area contributed by atoms with Crippen LogP contribution in [0.5, 0.6) is 0 Å². The van der Waals surface area contributed by atoms with Gasteiger partial charge in [0.25, 0.3) is 5.91 Å². The number of carbonyl (C=O) groups excluding carboxylic acids is 1. The van der Waals surface area contributed by atoms with Crippen molar-refractivity contribution in [3.63, 3.8) is 0 Å². The van der Waals surface area contributed by atoms with Gasteiger partial charge in [0.15, 0.2) is 0 Å². The van der Waals surface area contributed by atoms with Crippen LogP contribution in [-0.2, 0) is 17.1 Å². The van der Waals surface area contributed by atoms with Gasteiger partial charge < -0.3 is 4.57 Å². The normalized spacial score (nSPS) is 12.7. The van der Waals surface area contributed by atoms with Crippen molar-refractivity contribution in [3.8, 4) is 0 Å².